The standard InChI is InChI=1S/C21H24N4O2/c1-14-7-5-6-8-16(14)13-22-21-23-15(2)11-20(25-21)24-17-9-10-18(26-3)19(12-17)27-4/h5-12H,13H2,1-4H3,(H2,22,23,24,25). The van der Waals surface area contributed by atoms with Gasteiger partial charge in [0.25, 0.3) is 0 Å². The number of aryl methyl sites for hydroxylation is 2. The lowest BCUT2D eigenvalue weighted by Gasteiger charge is -2.13. The lowest BCUT2D eigenvalue weighted by atomic mass is 10.1. The second-order valence-electron chi connectivity index (χ2n) is 6.19. The Morgan fingerprint density at radius 3 is 2.41 bits per heavy atom. The molecule has 0 aliphatic carbocycles. The summed E-state index contributed by atoms with van der Waals surface area (Å²) in [5.74, 6) is 2.64. The van der Waals surface area contributed by atoms with E-state index in [0.717, 1.165) is 11.4 Å². The first-order valence-electron chi connectivity index (χ1n) is 8.72. The number of benzene rings is 2. The van der Waals surface area contributed by atoms with Crippen molar-refractivity contribution in [3.05, 3.63) is 65.4 Å². The van der Waals surface area contributed by atoms with Crippen molar-refractivity contribution in [3.8, 4) is 11.5 Å². The van der Waals surface area contributed by atoms with E-state index in [-0.39, 0.29) is 0 Å². The molecule has 0 amide bonds. The van der Waals surface area contributed by atoms with Gasteiger partial charge in [-0.1, -0.05) is 24.3 Å². The molecule has 2 aromatic carbocycles. The van der Waals surface area contributed by atoms with Crippen molar-refractivity contribution in [2.45, 2.75) is 20.4 Å². The van der Waals surface area contributed by atoms with Gasteiger partial charge >= 0.3 is 0 Å². The minimum Gasteiger partial charge on any atom is -0.493 e. The molecule has 1 aromatic heterocycles. The zero-order valence-electron chi connectivity index (χ0n) is 16.0. The molecule has 0 aliphatic rings. The molecule has 140 valence electrons. The molecule has 0 bridgehead atoms. The number of rotatable bonds is 7. The molecule has 27 heavy (non-hydrogen) atoms. The van der Waals surface area contributed by atoms with Crippen LogP contribution in [0.15, 0.2) is 48.5 Å². The molecule has 0 saturated heterocycles. The third-order valence-electron chi connectivity index (χ3n) is 4.21. The van der Waals surface area contributed by atoms with E-state index in [1.165, 1.54) is 11.1 Å². The van der Waals surface area contributed by atoms with Gasteiger partial charge in [0.2, 0.25) is 5.95 Å². The van der Waals surface area contributed by atoms with Crippen LogP contribution in [0.2, 0.25) is 0 Å². The Labute approximate surface area is 159 Å². The molecule has 2 N–H and O–H groups in total. The second-order valence-corrected chi connectivity index (χ2v) is 6.19. The van der Waals surface area contributed by atoms with E-state index in [1.54, 1.807) is 14.2 Å². The van der Waals surface area contributed by atoms with Gasteiger partial charge in [-0.25, -0.2) is 4.98 Å². The first kappa shape index (κ1) is 18.5. The van der Waals surface area contributed by atoms with Crippen LogP contribution in [0.4, 0.5) is 17.5 Å². The first-order chi connectivity index (χ1) is 13.1. The summed E-state index contributed by atoms with van der Waals surface area (Å²) in [7, 11) is 3.23. The molecular formula is C21H24N4O2. The minimum absolute atomic E-state index is 0.584. The van der Waals surface area contributed by atoms with Gasteiger partial charge < -0.3 is 20.1 Å². The molecule has 3 aromatic rings. The predicted octanol–water partition coefficient (Wildman–Crippen LogP) is 4.47. The van der Waals surface area contributed by atoms with Crippen molar-refractivity contribution in [1.82, 2.24) is 9.97 Å². The number of ether oxygens (including phenoxy) is 2. The van der Waals surface area contributed by atoms with Crippen molar-refractivity contribution in [3.63, 3.8) is 0 Å². The van der Waals surface area contributed by atoms with Gasteiger partial charge in [-0.15, -0.1) is 0 Å². The number of aromatic nitrogens is 2. The van der Waals surface area contributed by atoms with E-state index in [4.69, 9.17) is 9.47 Å². The minimum atomic E-state index is 0.584. The lowest BCUT2D eigenvalue weighted by molar-refractivity contribution is 0.355. The topological polar surface area (TPSA) is 68.3 Å². The van der Waals surface area contributed by atoms with E-state index in [1.807, 2.05) is 43.3 Å². The van der Waals surface area contributed by atoms with Crippen LogP contribution in [0.5, 0.6) is 11.5 Å². The van der Waals surface area contributed by atoms with E-state index in [0.29, 0.717) is 29.8 Å². The van der Waals surface area contributed by atoms with Crippen molar-refractivity contribution in [2.24, 2.45) is 0 Å². The molecule has 0 aliphatic heterocycles. The largest absolute Gasteiger partial charge is 0.493 e. The Hall–Kier alpha value is -3.28. The van der Waals surface area contributed by atoms with Crippen molar-refractivity contribution >= 4 is 17.5 Å². The van der Waals surface area contributed by atoms with Crippen LogP contribution in [-0.2, 0) is 6.54 Å². The Morgan fingerprint density at radius 2 is 1.67 bits per heavy atom. The average Bonchev–Trinajstić information content (AvgIpc) is 2.67. The molecule has 0 fully saturated rings. The highest BCUT2D eigenvalue weighted by Crippen LogP contribution is 2.31. The van der Waals surface area contributed by atoms with Gasteiger partial charge in [-0.2, -0.15) is 4.98 Å². The van der Waals surface area contributed by atoms with Crippen LogP contribution in [0.1, 0.15) is 16.8 Å². The summed E-state index contributed by atoms with van der Waals surface area (Å²) in [6.45, 7) is 4.71. The van der Waals surface area contributed by atoms with Crippen LogP contribution < -0.4 is 20.1 Å². The van der Waals surface area contributed by atoms with Crippen LogP contribution >= 0.6 is 0 Å². The Bertz CT molecular complexity index is 928. The summed E-state index contributed by atoms with van der Waals surface area (Å²) in [5.41, 5.74) is 4.19. The maximum Gasteiger partial charge on any atom is 0.225 e. The van der Waals surface area contributed by atoms with Crippen LogP contribution in [-0.4, -0.2) is 24.2 Å². The molecule has 0 atom stereocenters. The average molecular weight is 364 g/mol. The normalized spacial score (nSPS) is 10.4. The number of nitrogens with one attached hydrogen (secondary N) is 2. The third-order valence-corrected chi connectivity index (χ3v) is 4.21. The number of hydrogen-bond acceptors (Lipinski definition) is 6. The zero-order valence-corrected chi connectivity index (χ0v) is 16.0. The van der Waals surface area contributed by atoms with Crippen molar-refractivity contribution in [2.75, 3.05) is 24.9 Å². The fourth-order valence-corrected chi connectivity index (χ4v) is 2.76. The Balaban J connectivity index is 1.76. The van der Waals surface area contributed by atoms with Crippen LogP contribution in [0.25, 0.3) is 0 Å². The van der Waals surface area contributed by atoms with Crippen molar-refractivity contribution in [1.29, 1.82) is 0 Å². The van der Waals surface area contributed by atoms with Gasteiger partial charge in [-0.3, -0.25) is 0 Å². The smallest absolute Gasteiger partial charge is 0.225 e. The SMILES string of the molecule is COc1ccc(Nc2cc(C)nc(NCc3ccccc3C)n2)cc1OC. The van der Waals surface area contributed by atoms with E-state index < -0.39 is 0 Å². The monoisotopic (exact) mass is 364 g/mol. The van der Waals surface area contributed by atoms with Crippen LogP contribution in [0, 0.1) is 13.8 Å². The molecule has 0 spiro atoms. The number of hydrogen-bond donors (Lipinski definition) is 2. The molecule has 6 heteroatoms. The van der Waals surface area contributed by atoms with E-state index >= 15 is 0 Å². The predicted molar refractivity (Wildman–Crippen MR) is 108 cm³/mol. The number of anilines is 3. The number of nitrogens with zero attached hydrogens (tertiary/aromatic N) is 2. The van der Waals surface area contributed by atoms with Crippen LogP contribution in [0.3, 0.4) is 0 Å². The van der Waals surface area contributed by atoms with Gasteiger partial charge in [0.1, 0.15) is 5.82 Å². The Morgan fingerprint density at radius 1 is 0.889 bits per heavy atom. The van der Waals surface area contributed by atoms with Gasteiger partial charge in [0, 0.05) is 30.1 Å². The molecule has 6 nitrogen and oxygen atoms in total. The highest BCUT2D eigenvalue weighted by Gasteiger charge is 2.07. The maximum absolute atomic E-state index is 5.35. The summed E-state index contributed by atoms with van der Waals surface area (Å²) in [6.07, 6.45) is 0. The van der Waals surface area contributed by atoms with Gasteiger partial charge in [0.15, 0.2) is 11.5 Å². The highest BCUT2D eigenvalue weighted by atomic mass is 16.5. The van der Waals surface area contributed by atoms with Gasteiger partial charge in [0.05, 0.1) is 14.2 Å². The quantitative estimate of drug-likeness (QED) is 0.645. The van der Waals surface area contributed by atoms with Crippen molar-refractivity contribution < 1.29 is 9.47 Å². The first-order valence-corrected chi connectivity index (χ1v) is 8.72. The van der Waals surface area contributed by atoms with Gasteiger partial charge in [-0.05, 0) is 37.1 Å². The summed E-state index contributed by atoms with van der Waals surface area (Å²) in [4.78, 5) is 9.04. The third kappa shape index (κ3) is 4.67. The molecule has 0 saturated carbocycles. The molecule has 1 heterocycles. The second kappa shape index (κ2) is 8.40. The fraction of sp³-hybridized carbons (Fsp3) is 0.238. The molecule has 0 radical (unpaired) electrons. The summed E-state index contributed by atoms with van der Waals surface area (Å²) < 4.78 is 10.6. The molecule has 0 unspecified atom stereocenters. The Kier molecular flexibility index (Phi) is 5.76. The summed E-state index contributed by atoms with van der Waals surface area (Å²) in [6, 6.07) is 15.8. The zero-order chi connectivity index (χ0) is 19.2. The molecule has 3 rings (SSSR count). The highest BCUT2D eigenvalue weighted by molar-refractivity contribution is 5.62. The lowest BCUT2D eigenvalue weighted by Crippen LogP contribution is -2.07. The maximum atomic E-state index is 5.35. The molecular weight excluding hydrogens is 340 g/mol. The number of methoxy groups -OCH3 is 2. The van der Waals surface area contributed by atoms with E-state index in [2.05, 4.69) is 39.7 Å². The summed E-state index contributed by atoms with van der Waals surface area (Å²) in [5, 5.41) is 6.60. The fourth-order valence-electron chi connectivity index (χ4n) is 2.76. The van der Waals surface area contributed by atoms with E-state index in [9.17, 15) is 0 Å². The summed E-state index contributed by atoms with van der Waals surface area (Å²) >= 11 is 0.